The van der Waals surface area contributed by atoms with Crippen molar-refractivity contribution in [3.05, 3.63) is 34.9 Å². The highest BCUT2D eigenvalue weighted by atomic mass is 35.5. The molecule has 0 radical (unpaired) electrons. The summed E-state index contributed by atoms with van der Waals surface area (Å²) in [5.74, 6) is 0.437. The van der Waals surface area contributed by atoms with Crippen LogP contribution in [0, 0.1) is 19.8 Å². The predicted molar refractivity (Wildman–Crippen MR) is 85.5 cm³/mol. The van der Waals surface area contributed by atoms with Gasteiger partial charge in [0.15, 0.2) is 0 Å². The first-order chi connectivity index (χ1) is 9.18. The van der Waals surface area contributed by atoms with Crippen LogP contribution in [0.2, 0.25) is 0 Å². The normalized spacial score (nSPS) is 15.5. The van der Waals surface area contributed by atoms with E-state index in [4.69, 9.17) is 0 Å². The monoisotopic (exact) mass is 296 g/mol. The standard InChI is InChI=1S/C16H24N2O.ClH/c1-12-4-3-5-13(2)15(12)8-11-18-16(19)14-6-9-17-10-7-14;/h3-5,14,17H,6-11H2,1-2H3,(H,18,19);1H. The summed E-state index contributed by atoms with van der Waals surface area (Å²) in [5, 5.41) is 6.38. The van der Waals surface area contributed by atoms with Crippen molar-refractivity contribution in [3.8, 4) is 0 Å². The molecule has 1 aromatic rings. The third-order valence-corrected chi connectivity index (χ3v) is 4.03. The zero-order valence-corrected chi connectivity index (χ0v) is 13.2. The van der Waals surface area contributed by atoms with Crippen molar-refractivity contribution in [2.75, 3.05) is 19.6 Å². The average molecular weight is 297 g/mol. The Hall–Kier alpha value is -1.06. The fourth-order valence-electron chi connectivity index (χ4n) is 2.78. The van der Waals surface area contributed by atoms with Crippen molar-refractivity contribution >= 4 is 18.3 Å². The van der Waals surface area contributed by atoms with Gasteiger partial charge in [0.2, 0.25) is 5.91 Å². The van der Waals surface area contributed by atoms with Crippen LogP contribution in [-0.4, -0.2) is 25.5 Å². The minimum Gasteiger partial charge on any atom is -0.356 e. The number of hydrogen-bond donors (Lipinski definition) is 2. The molecule has 1 fully saturated rings. The SMILES string of the molecule is Cc1cccc(C)c1CCNC(=O)C1CCNCC1.Cl. The van der Waals surface area contributed by atoms with Gasteiger partial charge in [0.1, 0.15) is 0 Å². The van der Waals surface area contributed by atoms with Crippen LogP contribution in [0.1, 0.15) is 29.5 Å². The van der Waals surface area contributed by atoms with Gasteiger partial charge in [-0.05, 0) is 62.9 Å². The van der Waals surface area contributed by atoms with Crippen molar-refractivity contribution in [1.29, 1.82) is 0 Å². The number of halogens is 1. The summed E-state index contributed by atoms with van der Waals surface area (Å²) < 4.78 is 0. The summed E-state index contributed by atoms with van der Waals surface area (Å²) >= 11 is 0. The number of piperidine rings is 1. The van der Waals surface area contributed by atoms with Crippen LogP contribution in [0.3, 0.4) is 0 Å². The van der Waals surface area contributed by atoms with E-state index in [1.807, 2.05) is 0 Å². The van der Waals surface area contributed by atoms with E-state index in [9.17, 15) is 4.79 Å². The maximum atomic E-state index is 12.0. The highest BCUT2D eigenvalue weighted by Gasteiger charge is 2.20. The number of hydrogen-bond acceptors (Lipinski definition) is 2. The topological polar surface area (TPSA) is 41.1 Å². The van der Waals surface area contributed by atoms with Gasteiger partial charge < -0.3 is 10.6 Å². The molecule has 4 heteroatoms. The smallest absolute Gasteiger partial charge is 0.223 e. The summed E-state index contributed by atoms with van der Waals surface area (Å²) in [4.78, 5) is 12.0. The number of benzene rings is 1. The number of nitrogens with one attached hydrogen (secondary N) is 2. The van der Waals surface area contributed by atoms with E-state index in [1.165, 1.54) is 16.7 Å². The quantitative estimate of drug-likeness (QED) is 0.896. The Kier molecular flexibility index (Phi) is 7.03. The maximum absolute atomic E-state index is 12.0. The third kappa shape index (κ3) is 4.50. The van der Waals surface area contributed by atoms with E-state index < -0.39 is 0 Å². The van der Waals surface area contributed by atoms with E-state index in [1.54, 1.807) is 0 Å². The van der Waals surface area contributed by atoms with Gasteiger partial charge in [0.25, 0.3) is 0 Å². The van der Waals surface area contributed by atoms with Crippen LogP contribution < -0.4 is 10.6 Å². The molecule has 0 unspecified atom stereocenters. The van der Waals surface area contributed by atoms with E-state index in [0.29, 0.717) is 0 Å². The van der Waals surface area contributed by atoms with Gasteiger partial charge in [-0.25, -0.2) is 0 Å². The maximum Gasteiger partial charge on any atom is 0.223 e. The number of amides is 1. The Morgan fingerprint density at radius 1 is 1.25 bits per heavy atom. The zero-order chi connectivity index (χ0) is 13.7. The van der Waals surface area contributed by atoms with Crippen LogP contribution in [0.5, 0.6) is 0 Å². The highest BCUT2D eigenvalue weighted by molar-refractivity contribution is 5.85. The third-order valence-electron chi connectivity index (χ3n) is 4.03. The Bertz CT molecular complexity index is 422. The molecule has 1 aromatic carbocycles. The molecular formula is C16H25ClN2O. The lowest BCUT2D eigenvalue weighted by atomic mass is 9.97. The van der Waals surface area contributed by atoms with Crippen LogP contribution >= 0.6 is 12.4 Å². The van der Waals surface area contributed by atoms with Gasteiger partial charge in [0, 0.05) is 12.5 Å². The lowest BCUT2D eigenvalue weighted by molar-refractivity contribution is -0.125. The molecular weight excluding hydrogens is 272 g/mol. The molecule has 20 heavy (non-hydrogen) atoms. The number of aryl methyl sites for hydroxylation is 2. The van der Waals surface area contributed by atoms with E-state index in [2.05, 4.69) is 42.7 Å². The molecule has 0 atom stereocenters. The fourth-order valence-corrected chi connectivity index (χ4v) is 2.78. The van der Waals surface area contributed by atoms with Gasteiger partial charge in [-0.3, -0.25) is 4.79 Å². The van der Waals surface area contributed by atoms with Gasteiger partial charge in [-0.15, -0.1) is 12.4 Å². The minimum absolute atomic E-state index is 0. The molecule has 1 aliphatic heterocycles. The lowest BCUT2D eigenvalue weighted by Crippen LogP contribution is -2.38. The Labute approximate surface area is 127 Å². The number of rotatable bonds is 4. The molecule has 112 valence electrons. The molecule has 1 amide bonds. The number of carbonyl (C=O) groups is 1. The molecule has 0 saturated carbocycles. The summed E-state index contributed by atoms with van der Waals surface area (Å²) in [6, 6.07) is 6.36. The first-order valence-electron chi connectivity index (χ1n) is 7.22. The van der Waals surface area contributed by atoms with E-state index in [-0.39, 0.29) is 24.2 Å². The van der Waals surface area contributed by atoms with Gasteiger partial charge in [-0.2, -0.15) is 0 Å². The molecule has 1 aliphatic rings. The predicted octanol–water partition coefficient (Wildman–Crippen LogP) is 2.38. The summed E-state index contributed by atoms with van der Waals surface area (Å²) in [6.45, 7) is 6.95. The largest absolute Gasteiger partial charge is 0.356 e. The first kappa shape index (κ1) is 17.0. The molecule has 1 heterocycles. The Morgan fingerprint density at radius 3 is 2.45 bits per heavy atom. The first-order valence-corrected chi connectivity index (χ1v) is 7.22. The molecule has 0 aromatic heterocycles. The fraction of sp³-hybridized carbons (Fsp3) is 0.562. The zero-order valence-electron chi connectivity index (χ0n) is 12.4. The Balaban J connectivity index is 0.00000200. The van der Waals surface area contributed by atoms with E-state index in [0.717, 1.165) is 38.9 Å². The van der Waals surface area contributed by atoms with Crippen molar-refractivity contribution in [1.82, 2.24) is 10.6 Å². The van der Waals surface area contributed by atoms with Crippen molar-refractivity contribution in [2.24, 2.45) is 5.92 Å². The lowest BCUT2D eigenvalue weighted by Gasteiger charge is -2.22. The second-order valence-corrected chi connectivity index (χ2v) is 5.44. The van der Waals surface area contributed by atoms with Crippen molar-refractivity contribution in [3.63, 3.8) is 0 Å². The molecule has 0 bridgehead atoms. The molecule has 2 N–H and O–H groups in total. The summed E-state index contributed by atoms with van der Waals surface area (Å²) in [5.41, 5.74) is 4.00. The summed E-state index contributed by atoms with van der Waals surface area (Å²) in [7, 11) is 0. The van der Waals surface area contributed by atoms with Crippen molar-refractivity contribution < 1.29 is 4.79 Å². The van der Waals surface area contributed by atoms with Crippen LogP contribution in [-0.2, 0) is 11.2 Å². The second kappa shape index (κ2) is 8.28. The number of carbonyl (C=O) groups excluding carboxylic acids is 1. The molecule has 2 rings (SSSR count). The Morgan fingerprint density at radius 2 is 1.85 bits per heavy atom. The van der Waals surface area contributed by atoms with Crippen LogP contribution in [0.15, 0.2) is 18.2 Å². The minimum atomic E-state index is 0. The van der Waals surface area contributed by atoms with Gasteiger partial charge in [0.05, 0.1) is 0 Å². The second-order valence-electron chi connectivity index (χ2n) is 5.44. The molecule has 0 aliphatic carbocycles. The molecule has 3 nitrogen and oxygen atoms in total. The van der Waals surface area contributed by atoms with Crippen LogP contribution in [0.25, 0.3) is 0 Å². The average Bonchev–Trinajstić information content (AvgIpc) is 2.43. The van der Waals surface area contributed by atoms with Crippen molar-refractivity contribution in [2.45, 2.75) is 33.1 Å². The van der Waals surface area contributed by atoms with Crippen LogP contribution in [0.4, 0.5) is 0 Å². The van der Waals surface area contributed by atoms with Gasteiger partial charge >= 0.3 is 0 Å². The highest BCUT2D eigenvalue weighted by Crippen LogP contribution is 2.14. The molecule has 0 spiro atoms. The molecule has 1 saturated heterocycles. The van der Waals surface area contributed by atoms with E-state index >= 15 is 0 Å². The summed E-state index contributed by atoms with van der Waals surface area (Å²) in [6.07, 6.45) is 2.86. The van der Waals surface area contributed by atoms with Gasteiger partial charge in [-0.1, -0.05) is 18.2 Å².